The molecule has 0 spiro atoms. The fourth-order valence-corrected chi connectivity index (χ4v) is 8.18. The number of Topliss-reactive ketones (excluding diaryl/α,β-unsaturated/α-hetero) is 1. The molecule has 1 aliphatic heterocycles. The molecule has 0 radical (unpaired) electrons. The van der Waals surface area contributed by atoms with Gasteiger partial charge in [-0.25, -0.2) is 4.39 Å². The Morgan fingerprint density at radius 1 is 1.11 bits per heavy atom. The maximum absolute atomic E-state index is 13.9. The molecule has 5 fully saturated rings. The minimum atomic E-state index is -0.608. The number of hydrogen-bond acceptors (Lipinski definition) is 4. The predicted molar refractivity (Wildman–Crippen MR) is 103 cm³/mol. The smallest absolute Gasteiger partial charge is 0.153 e. The molecule has 3 atom stereocenters. The summed E-state index contributed by atoms with van der Waals surface area (Å²) in [5.41, 5.74) is 0.566. The molecule has 1 aromatic rings. The Bertz CT molecular complexity index is 808. The fourth-order valence-electron chi connectivity index (χ4n) is 6.74. The quantitative estimate of drug-likeness (QED) is 0.806. The first-order valence-corrected chi connectivity index (χ1v) is 10.8. The maximum Gasteiger partial charge on any atom is 0.153 e. The summed E-state index contributed by atoms with van der Waals surface area (Å²) in [6.07, 6.45) is 6.83. The van der Waals surface area contributed by atoms with Crippen LogP contribution in [0.25, 0.3) is 0 Å². The van der Waals surface area contributed by atoms with Crippen molar-refractivity contribution in [2.24, 2.45) is 29.1 Å². The van der Waals surface area contributed by atoms with Gasteiger partial charge in [0.15, 0.2) is 5.78 Å². The summed E-state index contributed by atoms with van der Waals surface area (Å²) in [4.78, 5) is 13.9. The van der Waals surface area contributed by atoms with Crippen molar-refractivity contribution in [3.05, 3.63) is 35.6 Å². The van der Waals surface area contributed by atoms with E-state index in [1.54, 1.807) is 12.1 Å². The van der Waals surface area contributed by atoms with Crippen LogP contribution in [0.3, 0.4) is 0 Å². The van der Waals surface area contributed by atoms with Crippen LogP contribution in [0.5, 0.6) is 0 Å². The zero-order valence-corrected chi connectivity index (χ0v) is 16.0. The van der Waals surface area contributed by atoms with E-state index in [1.807, 2.05) is 0 Å². The standard InChI is InChI=1S/C22H23FN2OS/c23-16-3-1-15(2-4-16)18-17(11-24)21(25)27-19(18)20(26)22-8-12-5-13(9-22)7-14(6-12)10-22/h1-4,12-14,17-19,25H,5-10H2/t12?,13?,14?,17?,18-,19+,22?/m0/s1. The van der Waals surface area contributed by atoms with Gasteiger partial charge in [0.2, 0.25) is 0 Å². The lowest BCUT2D eigenvalue weighted by Gasteiger charge is -2.56. The third kappa shape index (κ3) is 2.68. The Balaban J connectivity index is 1.51. The number of ketones is 1. The van der Waals surface area contributed by atoms with Gasteiger partial charge in [-0.15, -0.1) is 0 Å². The van der Waals surface area contributed by atoms with E-state index in [0.717, 1.165) is 24.8 Å². The van der Waals surface area contributed by atoms with E-state index in [0.29, 0.717) is 17.8 Å². The van der Waals surface area contributed by atoms with E-state index >= 15 is 0 Å². The van der Waals surface area contributed by atoms with E-state index in [1.165, 1.54) is 43.2 Å². The van der Waals surface area contributed by atoms with Gasteiger partial charge in [-0.3, -0.25) is 10.2 Å². The minimum absolute atomic E-state index is 0.241. The van der Waals surface area contributed by atoms with Gasteiger partial charge in [-0.05, 0) is 74.0 Å². The molecular formula is C22H23FN2OS. The van der Waals surface area contributed by atoms with Crippen molar-refractivity contribution in [2.75, 3.05) is 0 Å². The second kappa shape index (κ2) is 6.17. The molecule has 5 aliphatic rings. The van der Waals surface area contributed by atoms with E-state index in [-0.39, 0.29) is 33.2 Å². The van der Waals surface area contributed by atoms with Crippen molar-refractivity contribution < 1.29 is 9.18 Å². The molecule has 6 rings (SSSR count). The van der Waals surface area contributed by atoms with E-state index in [9.17, 15) is 14.4 Å². The number of thioether (sulfide) groups is 1. The van der Waals surface area contributed by atoms with Crippen molar-refractivity contribution >= 4 is 22.6 Å². The van der Waals surface area contributed by atoms with E-state index < -0.39 is 5.92 Å². The topological polar surface area (TPSA) is 64.7 Å². The first kappa shape index (κ1) is 17.4. The van der Waals surface area contributed by atoms with Crippen molar-refractivity contribution in [1.29, 1.82) is 10.7 Å². The molecule has 4 saturated carbocycles. The Labute approximate surface area is 163 Å². The van der Waals surface area contributed by atoms with Gasteiger partial charge < -0.3 is 0 Å². The normalized spacial score (nSPS) is 42.3. The third-order valence-corrected chi connectivity index (χ3v) is 8.70. The summed E-state index contributed by atoms with van der Waals surface area (Å²) in [7, 11) is 0. The lowest BCUT2D eigenvalue weighted by Crippen LogP contribution is -2.52. The highest BCUT2D eigenvalue weighted by atomic mass is 32.2. The van der Waals surface area contributed by atoms with Gasteiger partial charge in [-0.1, -0.05) is 23.9 Å². The average Bonchev–Trinajstić information content (AvgIpc) is 2.96. The summed E-state index contributed by atoms with van der Waals surface area (Å²) in [6.45, 7) is 0. The molecule has 1 heterocycles. The number of hydrogen-bond donors (Lipinski definition) is 1. The molecule has 4 aliphatic carbocycles. The second-order valence-corrected chi connectivity index (χ2v) is 10.3. The van der Waals surface area contributed by atoms with Crippen LogP contribution in [-0.2, 0) is 4.79 Å². The molecule has 1 N–H and O–H groups in total. The van der Waals surface area contributed by atoms with Gasteiger partial charge in [-0.2, -0.15) is 5.26 Å². The summed E-state index contributed by atoms with van der Waals surface area (Å²) in [5, 5.41) is 17.9. The Kier molecular flexibility index (Phi) is 3.98. The molecule has 27 heavy (non-hydrogen) atoms. The highest BCUT2D eigenvalue weighted by Gasteiger charge is 2.58. The van der Waals surface area contributed by atoms with Crippen molar-refractivity contribution in [3.8, 4) is 6.07 Å². The number of halogens is 1. The van der Waals surface area contributed by atoms with Crippen LogP contribution < -0.4 is 0 Å². The molecule has 4 bridgehead atoms. The molecular weight excluding hydrogens is 359 g/mol. The zero-order valence-electron chi connectivity index (χ0n) is 15.2. The number of nitrogens with zero attached hydrogens (tertiary/aromatic N) is 1. The molecule has 0 aromatic heterocycles. The van der Waals surface area contributed by atoms with Crippen molar-refractivity contribution in [2.45, 2.75) is 49.7 Å². The first-order valence-electron chi connectivity index (χ1n) is 9.93. The average molecular weight is 383 g/mol. The van der Waals surface area contributed by atoms with Crippen LogP contribution >= 0.6 is 11.8 Å². The third-order valence-electron chi connectivity index (χ3n) is 7.44. The fraction of sp³-hybridized carbons (Fsp3) is 0.591. The summed E-state index contributed by atoms with van der Waals surface area (Å²) < 4.78 is 13.4. The minimum Gasteiger partial charge on any atom is -0.298 e. The van der Waals surface area contributed by atoms with Gasteiger partial charge >= 0.3 is 0 Å². The molecule has 3 nitrogen and oxygen atoms in total. The number of carbonyl (C=O) groups excluding carboxylic acids is 1. The van der Waals surface area contributed by atoms with Gasteiger partial charge in [0.05, 0.1) is 16.4 Å². The number of nitrogens with one attached hydrogen (secondary N) is 1. The highest BCUT2D eigenvalue weighted by molar-refractivity contribution is 8.15. The van der Waals surface area contributed by atoms with Crippen molar-refractivity contribution in [1.82, 2.24) is 0 Å². The van der Waals surface area contributed by atoms with Crippen LogP contribution in [0.1, 0.15) is 50.0 Å². The van der Waals surface area contributed by atoms with Crippen LogP contribution in [0, 0.1) is 51.6 Å². The van der Waals surface area contributed by atoms with Crippen LogP contribution in [0.15, 0.2) is 24.3 Å². The monoisotopic (exact) mass is 382 g/mol. The zero-order chi connectivity index (χ0) is 18.8. The lowest BCUT2D eigenvalue weighted by molar-refractivity contribution is -0.143. The first-order chi connectivity index (χ1) is 13.0. The van der Waals surface area contributed by atoms with Gasteiger partial charge in [0, 0.05) is 11.3 Å². The number of nitriles is 1. The number of rotatable bonds is 3. The molecule has 1 aromatic carbocycles. The van der Waals surface area contributed by atoms with E-state index in [4.69, 9.17) is 5.41 Å². The Morgan fingerprint density at radius 3 is 2.19 bits per heavy atom. The van der Waals surface area contributed by atoms with Gasteiger partial charge in [0.25, 0.3) is 0 Å². The largest absolute Gasteiger partial charge is 0.298 e. The lowest BCUT2D eigenvalue weighted by atomic mass is 9.48. The van der Waals surface area contributed by atoms with Crippen LogP contribution in [0.4, 0.5) is 4.39 Å². The number of carbonyl (C=O) groups is 1. The Hall–Kier alpha value is -1.67. The van der Waals surface area contributed by atoms with E-state index in [2.05, 4.69) is 6.07 Å². The molecule has 5 heteroatoms. The van der Waals surface area contributed by atoms with Gasteiger partial charge in [0.1, 0.15) is 11.7 Å². The highest BCUT2D eigenvalue weighted by Crippen LogP contribution is 2.62. The summed E-state index contributed by atoms with van der Waals surface area (Å²) in [6, 6.07) is 8.40. The molecule has 1 saturated heterocycles. The summed E-state index contributed by atoms with van der Waals surface area (Å²) in [5.74, 6) is 1.04. The van der Waals surface area contributed by atoms with Crippen molar-refractivity contribution in [3.63, 3.8) is 0 Å². The van der Waals surface area contributed by atoms with Crippen LogP contribution in [0.2, 0.25) is 0 Å². The Morgan fingerprint density at radius 2 is 1.67 bits per heavy atom. The maximum atomic E-state index is 13.9. The molecule has 0 amide bonds. The molecule has 140 valence electrons. The number of benzene rings is 1. The predicted octanol–water partition coefficient (Wildman–Crippen LogP) is 4.93. The molecule has 1 unspecified atom stereocenters. The van der Waals surface area contributed by atoms with Crippen LogP contribution in [-0.4, -0.2) is 16.1 Å². The second-order valence-electron chi connectivity index (χ2n) is 9.15. The summed E-state index contributed by atoms with van der Waals surface area (Å²) >= 11 is 1.28. The SMILES string of the molecule is N#CC1C(=N)S[C@@H](C(=O)C23CC4CC(CC(C4)C2)C3)[C@H]1c1ccc(F)cc1.